The van der Waals surface area contributed by atoms with Gasteiger partial charge in [-0.3, -0.25) is 0 Å². The Morgan fingerprint density at radius 2 is 1.86 bits per heavy atom. The summed E-state index contributed by atoms with van der Waals surface area (Å²) in [7, 11) is 0. The van der Waals surface area contributed by atoms with Crippen molar-refractivity contribution in [3.63, 3.8) is 0 Å². The molecule has 0 aliphatic carbocycles. The van der Waals surface area contributed by atoms with Gasteiger partial charge in [-0.1, -0.05) is 24.3 Å². The van der Waals surface area contributed by atoms with Crippen molar-refractivity contribution < 1.29 is 4.74 Å². The maximum atomic E-state index is 6.09. The van der Waals surface area contributed by atoms with Gasteiger partial charge in [0.1, 0.15) is 17.3 Å². The van der Waals surface area contributed by atoms with Gasteiger partial charge in [0.15, 0.2) is 5.75 Å². The Balaban J connectivity index is 1.85. The van der Waals surface area contributed by atoms with Gasteiger partial charge in [0, 0.05) is 25.7 Å². The molecule has 1 saturated heterocycles. The summed E-state index contributed by atoms with van der Waals surface area (Å²) in [6.07, 6.45) is 0. The van der Waals surface area contributed by atoms with E-state index in [2.05, 4.69) is 23.2 Å². The van der Waals surface area contributed by atoms with Crippen molar-refractivity contribution >= 4 is 11.5 Å². The highest BCUT2D eigenvalue weighted by molar-refractivity contribution is 6.03. The number of hydrogen-bond acceptors (Lipinski definition) is 4. The minimum atomic E-state index is 0.461. The Bertz CT molecular complexity index is 726. The Morgan fingerprint density at radius 1 is 1.09 bits per heavy atom. The third-order valence-electron chi connectivity index (χ3n) is 4.11. The molecule has 2 heterocycles. The van der Waals surface area contributed by atoms with Crippen LogP contribution in [0.2, 0.25) is 0 Å². The third-order valence-corrected chi connectivity index (χ3v) is 4.11. The highest BCUT2D eigenvalue weighted by atomic mass is 16.5. The normalized spacial score (nSPS) is 20.3. The van der Waals surface area contributed by atoms with Crippen LogP contribution in [0, 0.1) is 0 Å². The van der Waals surface area contributed by atoms with Gasteiger partial charge in [0.25, 0.3) is 0 Å². The predicted molar refractivity (Wildman–Crippen MR) is 88.2 cm³/mol. The van der Waals surface area contributed by atoms with Crippen LogP contribution in [0.25, 0.3) is 0 Å². The second kappa shape index (κ2) is 5.46. The summed E-state index contributed by atoms with van der Waals surface area (Å²) in [4.78, 5) is 7.28. The zero-order valence-electron chi connectivity index (χ0n) is 12.6. The van der Waals surface area contributed by atoms with E-state index >= 15 is 0 Å². The standard InChI is InChI=1S/C18H19N3O/c1-13-12-21(11-10-19-13)18-14-6-2-4-8-16(14)22-17-9-5-3-7-15(17)20-18/h2-9,13,19H,10-12H2,1H3. The highest BCUT2D eigenvalue weighted by Gasteiger charge is 2.25. The van der Waals surface area contributed by atoms with Crippen molar-refractivity contribution in [3.8, 4) is 11.5 Å². The van der Waals surface area contributed by atoms with Crippen LogP contribution >= 0.6 is 0 Å². The van der Waals surface area contributed by atoms with E-state index in [9.17, 15) is 0 Å². The van der Waals surface area contributed by atoms with Gasteiger partial charge in [-0.2, -0.15) is 0 Å². The Kier molecular flexibility index (Phi) is 3.31. The Labute approximate surface area is 130 Å². The average Bonchev–Trinajstić information content (AvgIpc) is 2.71. The quantitative estimate of drug-likeness (QED) is 0.810. The fourth-order valence-corrected chi connectivity index (χ4v) is 3.03. The van der Waals surface area contributed by atoms with Gasteiger partial charge in [-0.25, -0.2) is 4.99 Å². The number of benzene rings is 2. The summed E-state index contributed by atoms with van der Waals surface area (Å²) in [5.41, 5.74) is 1.95. The van der Waals surface area contributed by atoms with Crippen LogP contribution in [-0.4, -0.2) is 36.4 Å². The van der Waals surface area contributed by atoms with E-state index in [1.807, 2.05) is 42.5 Å². The number of rotatable bonds is 0. The fourth-order valence-electron chi connectivity index (χ4n) is 3.03. The van der Waals surface area contributed by atoms with Gasteiger partial charge < -0.3 is 15.0 Å². The summed E-state index contributed by atoms with van der Waals surface area (Å²) in [5, 5.41) is 3.48. The molecule has 4 heteroatoms. The van der Waals surface area contributed by atoms with Crippen molar-refractivity contribution in [2.75, 3.05) is 19.6 Å². The number of fused-ring (bicyclic) bond motifs is 2. The maximum Gasteiger partial charge on any atom is 0.153 e. The molecule has 4 rings (SSSR count). The van der Waals surface area contributed by atoms with Gasteiger partial charge in [0.05, 0.1) is 5.56 Å². The summed E-state index contributed by atoms with van der Waals surface area (Å²) in [6, 6.07) is 16.6. The number of ether oxygens (including phenoxy) is 1. The lowest BCUT2D eigenvalue weighted by atomic mass is 10.1. The van der Waals surface area contributed by atoms with E-state index in [1.54, 1.807) is 0 Å². The predicted octanol–water partition coefficient (Wildman–Crippen LogP) is 3.16. The first-order valence-corrected chi connectivity index (χ1v) is 7.74. The number of para-hydroxylation sites is 3. The number of hydrogen-bond donors (Lipinski definition) is 1. The minimum absolute atomic E-state index is 0.461. The zero-order valence-corrected chi connectivity index (χ0v) is 12.6. The lowest BCUT2D eigenvalue weighted by Gasteiger charge is -2.34. The van der Waals surface area contributed by atoms with Gasteiger partial charge >= 0.3 is 0 Å². The molecule has 2 aliphatic heterocycles. The van der Waals surface area contributed by atoms with Gasteiger partial charge in [0.2, 0.25) is 0 Å². The van der Waals surface area contributed by atoms with Gasteiger partial charge in [-0.15, -0.1) is 0 Å². The molecule has 1 N–H and O–H groups in total. The van der Waals surface area contributed by atoms with Crippen LogP contribution in [0.4, 0.5) is 5.69 Å². The molecule has 2 aromatic rings. The molecule has 1 unspecified atom stereocenters. The molecule has 112 valence electrons. The zero-order chi connectivity index (χ0) is 14.9. The molecule has 0 spiro atoms. The molecule has 2 aromatic carbocycles. The molecule has 1 fully saturated rings. The second-order valence-electron chi connectivity index (χ2n) is 5.80. The Morgan fingerprint density at radius 3 is 2.73 bits per heavy atom. The highest BCUT2D eigenvalue weighted by Crippen LogP contribution is 2.37. The van der Waals surface area contributed by atoms with E-state index in [4.69, 9.17) is 9.73 Å². The number of nitrogens with zero attached hydrogens (tertiary/aromatic N) is 2. The molecule has 0 bridgehead atoms. The van der Waals surface area contributed by atoms with Crippen LogP contribution in [0.15, 0.2) is 53.5 Å². The van der Waals surface area contributed by atoms with Crippen LogP contribution in [-0.2, 0) is 0 Å². The van der Waals surface area contributed by atoms with Crippen molar-refractivity contribution in [2.45, 2.75) is 13.0 Å². The largest absolute Gasteiger partial charge is 0.454 e. The minimum Gasteiger partial charge on any atom is -0.454 e. The second-order valence-corrected chi connectivity index (χ2v) is 5.80. The first-order valence-electron chi connectivity index (χ1n) is 7.74. The average molecular weight is 293 g/mol. The lowest BCUT2D eigenvalue weighted by Crippen LogP contribution is -2.51. The van der Waals surface area contributed by atoms with Crippen LogP contribution < -0.4 is 10.1 Å². The monoisotopic (exact) mass is 293 g/mol. The van der Waals surface area contributed by atoms with E-state index in [0.717, 1.165) is 48.2 Å². The molecule has 1 atom stereocenters. The molecule has 0 saturated carbocycles. The van der Waals surface area contributed by atoms with E-state index in [-0.39, 0.29) is 0 Å². The molecule has 22 heavy (non-hydrogen) atoms. The smallest absolute Gasteiger partial charge is 0.153 e. The SMILES string of the molecule is CC1CN(C2=Nc3ccccc3Oc3ccccc32)CCN1. The fraction of sp³-hybridized carbons (Fsp3) is 0.278. The molecule has 0 aromatic heterocycles. The number of nitrogens with one attached hydrogen (secondary N) is 1. The van der Waals surface area contributed by atoms with E-state index in [1.165, 1.54) is 0 Å². The van der Waals surface area contributed by atoms with E-state index < -0.39 is 0 Å². The van der Waals surface area contributed by atoms with Crippen molar-refractivity contribution in [2.24, 2.45) is 4.99 Å². The molecule has 2 aliphatic rings. The summed E-state index contributed by atoms with van der Waals surface area (Å²) in [5.74, 6) is 2.69. The molecular formula is C18H19N3O. The number of amidine groups is 1. The molecule has 0 amide bonds. The van der Waals surface area contributed by atoms with Crippen molar-refractivity contribution in [1.82, 2.24) is 10.2 Å². The third kappa shape index (κ3) is 2.35. The number of aliphatic imine (C=N–C) groups is 1. The van der Waals surface area contributed by atoms with Crippen LogP contribution in [0.3, 0.4) is 0 Å². The van der Waals surface area contributed by atoms with Crippen molar-refractivity contribution in [3.05, 3.63) is 54.1 Å². The molecule has 4 nitrogen and oxygen atoms in total. The first kappa shape index (κ1) is 13.3. The number of piperazine rings is 1. The lowest BCUT2D eigenvalue weighted by molar-refractivity contribution is 0.304. The first-order chi connectivity index (χ1) is 10.8. The van der Waals surface area contributed by atoms with Crippen molar-refractivity contribution in [1.29, 1.82) is 0 Å². The topological polar surface area (TPSA) is 36.9 Å². The van der Waals surface area contributed by atoms with Gasteiger partial charge in [-0.05, 0) is 31.2 Å². The van der Waals surface area contributed by atoms with E-state index in [0.29, 0.717) is 6.04 Å². The summed E-state index contributed by atoms with van der Waals surface area (Å²) >= 11 is 0. The van der Waals surface area contributed by atoms with Crippen LogP contribution in [0.1, 0.15) is 12.5 Å². The summed E-state index contributed by atoms with van der Waals surface area (Å²) < 4.78 is 6.09. The maximum absolute atomic E-state index is 6.09. The molecule has 0 radical (unpaired) electrons. The Hall–Kier alpha value is -2.33. The molecular weight excluding hydrogens is 274 g/mol. The van der Waals surface area contributed by atoms with Crippen LogP contribution in [0.5, 0.6) is 11.5 Å². The summed E-state index contributed by atoms with van der Waals surface area (Å²) in [6.45, 7) is 5.10.